The summed E-state index contributed by atoms with van der Waals surface area (Å²) in [5, 5.41) is 0. The van der Waals surface area contributed by atoms with Crippen molar-refractivity contribution < 1.29 is 30.7 Å². The third-order valence-corrected chi connectivity index (χ3v) is 4.53. The molecule has 0 fully saturated rings. The smallest absolute Gasteiger partial charge is 0.206 e. The average molecular weight is 436 g/mol. The van der Waals surface area contributed by atoms with E-state index in [-0.39, 0.29) is 5.56 Å². The van der Waals surface area contributed by atoms with Gasteiger partial charge in [0.25, 0.3) is 0 Å². The van der Waals surface area contributed by atoms with Crippen LogP contribution in [0.25, 0.3) is 22.3 Å². The van der Waals surface area contributed by atoms with Gasteiger partial charge >= 0.3 is 6.18 Å². The molecule has 0 saturated heterocycles. The van der Waals surface area contributed by atoms with Gasteiger partial charge in [0.1, 0.15) is 23.3 Å². The van der Waals surface area contributed by atoms with Crippen LogP contribution >= 0.6 is 0 Å². The van der Waals surface area contributed by atoms with E-state index in [4.69, 9.17) is 0 Å². The van der Waals surface area contributed by atoms with Gasteiger partial charge in [0, 0.05) is 5.92 Å². The van der Waals surface area contributed by atoms with Crippen molar-refractivity contribution in [2.75, 3.05) is 0 Å². The molecule has 0 heterocycles. The summed E-state index contributed by atoms with van der Waals surface area (Å²) in [6.07, 6.45) is -3.13. The molecule has 0 aromatic heterocycles. The molecule has 0 saturated carbocycles. The van der Waals surface area contributed by atoms with Crippen molar-refractivity contribution in [3.8, 4) is 34.1 Å². The maximum Gasteiger partial charge on any atom is 0.458 e. The van der Waals surface area contributed by atoms with Crippen molar-refractivity contribution in [3.63, 3.8) is 0 Å². The van der Waals surface area contributed by atoms with E-state index in [1.165, 1.54) is 5.92 Å². The second-order valence-electron chi connectivity index (χ2n) is 6.82. The minimum atomic E-state index is -4.94. The molecule has 0 spiro atoms. The Labute approximate surface area is 174 Å². The van der Waals surface area contributed by atoms with E-state index in [2.05, 4.69) is 0 Å². The molecule has 0 N–H and O–H groups in total. The Morgan fingerprint density at radius 2 is 1.23 bits per heavy atom. The molecule has 0 atom stereocenters. The van der Waals surface area contributed by atoms with Crippen molar-refractivity contribution in [1.29, 1.82) is 0 Å². The largest absolute Gasteiger partial charge is 0.458 e. The van der Waals surface area contributed by atoms with Crippen LogP contribution in [-0.4, -0.2) is 6.18 Å². The number of benzene rings is 3. The molecule has 0 amide bonds. The van der Waals surface area contributed by atoms with Gasteiger partial charge in [0.15, 0.2) is 0 Å². The fraction of sp³-hybridized carbons (Fsp3) is 0.167. The molecule has 0 aliphatic heterocycles. The molecule has 3 aromatic rings. The Bertz CT molecular complexity index is 1120. The van der Waals surface area contributed by atoms with E-state index >= 15 is 0 Å². The lowest BCUT2D eigenvalue weighted by Crippen LogP contribution is -2.03. The van der Waals surface area contributed by atoms with Gasteiger partial charge in [-0.2, -0.15) is 13.2 Å². The first-order valence-electron chi connectivity index (χ1n) is 9.26. The molecule has 0 aliphatic rings. The summed E-state index contributed by atoms with van der Waals surface area (Å²) in [5.41, 5.74) is -0.462. The van der Waals surface area contributed by atoms with E-state index in [1.54, 1.807) is 12.1 Å². The Morgan fingerprint density at radius 3 is 1.71 bits per heavy atom. The first-order valence-corrected chi connectivity index (χ1v) is 9.26. The molecule has 0 bridgehead atoms. The molecule has 3 aromatic carbocycles. The Kier molecular flexibility index (Phi) is 6.40. The van der Waals surface area contributed by atoms with Crippen LogP contribution in [0, 0.1) is 35.1 Å². The highest BCUT2D eigenvalue weighted by Crippen LogP contribution is 2.33. The lowest BCUT2D eigenvalue weighted by atomic mass is 9.97. The number of hydrogen-bond acceptors (Lipinski definition) is 0. The van der Waals surface area contributed by atoms with Gasteiger partial charge in [-0.3, -0.25) is 0 Å². The summed E-state index contributed by atoms with van der Waals surface area (Å²) in [7, 11) is 0. The van der Waals surface area contributed by atoms with E-state index in [1.807, 2.05) is 19.1 Å². The van der Waals surface area contributed by atoms with E-state index in [0.29, 0.717) is 17.7 Å². The van der Waals surface area contributed by atoms with Crippen LogP contribution in [0.4, 0.5) is 30.7 Å². The van der Waals surface area contributed by atoms with Crippen molar-refractivity contribution in [2.45, 2.75) is 25.9 Å². The number of alkyl halides is 3. The first kappa shape index (κ1) is 22.4. The predicted molar refractivity (Wildman–Crippen MR) is 104 cm³/mol. The summed E-state index contributed by atoms with van der Waals surface area (Å²) in [6, 6.07) is 10.3. The lowest BCUT2D eigenvalue weighted by Gasteiger charge is -2.11. The molecule has 31 heavy (non-hydrogen) atoms. The van der Waals surface area contributed by atoms with Gasteiger partial charge in [-0.1, -0.05) is 43.5 Å². The lowest BCUT2D eigenvalue weighted by molar-refractivity contribution is -0.0696. The molecule has 0 nitrogen and oxygen atoms in total. The number of rotatable bonds is 4. The van der Waals surface area contributed by atoms with Crippen molar-refractivity contribution in [1.82, 2.24) is 0 Å². The molecule has 0 aliphatic carbocycles. The fourth-order valence-electron chi connectivity index (χ4n) is 3.14. The van der Waals surface area contributed by atoms with E-state index < -0.39 is 46.1 Å². The Morgan fingerprint density at radius 1 is 0.710 bits per heavy atom. The van der Waals surface area contributed by atoms with Crippen molar-refractivity contribution >= 4 is 0 Å². The van der Waals surface area contributed by atoms with Gasteiger partial charge in [-0.15, -0.1) is 0 Å². The van der Waals surface area contributed by atoms with Crippen molar-refractivity contribution in [3.05, 3.63) is 82.9 Å². The average Bonchev–Trinajstić information content (AvgIpc) is 2.67. The number of aryl methyl sites for hydroxylation is 1. The predicted octanol–water partition coefficient (Wildman–Crippen LogP) is 7.44. The molecule has 3 rings (SSSR count). The molecule has 160 valence electrons. The minimum absolute atomic E-state index is 0.232. The van der Waals surface area contributed by atoms with Crippen LogP contribution in [-0.2, 0) is 6.42 Å². The van der Waals surface area contributed by atoms with Gasteiger partial charge in [-0.25, -0.2) is 17.6 Å². The van der Waals surface area contributed by atoms with Crippen LogP contribution in [0.15, 0.2) is 48.5 Å². The zero-order valence-corrected chi connectivity index (χ0v) is 16.2. The van der Waals surface area contributed by atoms with Gasteiger partial charge in [-0.05, 0) is 52.9 Å². The highest BCUT2D eigenvalue weighted by molar-refractivity contribution is 5.72. The van der Waals surface area contributed by atoms with Gasteiger partial charge in [0.2, 0.25) is 0 Å². The second kappa shape index (κ2) is 8.84. The molecular formula is C24H15F7. The van der Waals surface area contributed by atoms with Crippen molar-refractivity contribution in [2.24, 2.45) is 0 Å². The maximum absolute atomic E-state index is 14.7. The zero-order chi connectivity index (χ0) is 22.8. The van der Waals surface area contributed by atoms with Gasteiger partial charge < -0.3 is 0 Å². The van der Waals surface area contributed by atoms with Crippen LogP contribution < -0.4 is 0 Å². The topological polar surface area (TPSA) is 0 Å². The molecule has 7 heteroatoms. The normalized spacial score (nSPS) is 11.2. The zero-order valence-electron chi connectivity index (χ0n) is 16.2. The van der Waals surface area contributed by atoms with E-state index in [9.17, 15) is 30.7 Å². The highest BCUT2D eigenvalue weighted by atomic mass is 19.4. The molecule has 0 unspecified atom stereocenters. The summed E-state index contributed by atoms with van der Waals surface area (Å²) in [4.78, 5) is 0. The molecular weight excluding hydrogens is 421 g/mol. The minimum Gasteiger partial charge on any atom is -0.206 e. The fourth-order valence-corrected chi connectivity index (χ4v) is 3.14. The standard InChI is InChI=1S/C24H15F7/c1-2-3-14-4-6-15(7-5-14)16-10-21(27)23(22(28)11-16)17-12-19(25)18(20(26)13-17)8-9-24(29,30)31/h4-7,10-13H,2-3H2,1H3. The third kappa shape index (κ3) is 5.26. The van der Waals surface area contributed by atoms with Crippen LogP contribution in [0.3, 0.4) is 0 Å². The summed E-state index contributed by atoms with van der Waals surface area (Å²) in [6.45, 7) is 2.03. The quantitative estimate of drug-likeness (QED) is 0.295. The number of hydrogen-bond donors (Lipinski definition) is 0. The third-order valence-electron chi connectivity index (χ3n) is 4.53. The summed E-state index contributed by atoms with van der Waals surface area (Å²) < 4.78 is 94.2. The summed E-state index contributed by atoms with van der Waals surface area (Å²) >= 11 is 0. The van der Waals surface area contributed by atoms with Crippen LogP contribution in [0.1, 0.15) is 24.5 Å². The monoisotopic (exact) mass is 436 g/mol. The Hall–Kier alpha value is -3.27. The highest BCUT2D eigenvalue weighted by Gasteiger charge is 2.24. The van der Waals surface area contributed by atoms with Crippen LogP contribution in [0.2, 0.25) is 0 Å². The second-order valence-corrected chi connectivity index (χ2v) is 6.82. The first-order chi connectivity index (χ1) is 14.6. The number of halogens is 7. The SMILES string of the molecule is CCCc1ccc(-c2cc(F)c(-c3cc(F)c(C#CC(F)(F)F)c(F)c3)c(F)c2)cc1. The van der Waals surface area contributed by atoms with Gasteiger partial charge in [0.05, 0.1) is 11.1 Å². The van der Waals surface area contributed by atoms with E-state index in [0.717, 1.165) is 36.5 Å². The summed E-state index contributed by atoms with van der Waals surface area (Å²) in [5.74, 6) is -2.93. The van der Waals surface area contributed by atoms with Crippen LogP contribution in [0.5, 0.6) is 0 Å². The Balaban J connectivity index is 2.01. The molecule has 0 radical (unpaired) electrons. The maximum atomic E-state index is 14.7.